The van der Waals surface area contributed by atoms with E-state index in [1.807, 2.05) is 11.5 Å². The molecule has 30 heavy (non-hydrogen) atoms. The number of esters is 1. The molecule has 1 fully saturated rings. The van der Waals surface area contributed by atoms with Gasteiger partial charge in [-0.3, -0.25) is 4.79 Å². The quantitative estimate of drug-likeness (QED) is 0.441. The third-order valence-electron chi connectivity index (χ3n) is 4.65. The van der Waals surface area contributed by atoms with Crippen molar-refractivity contribution in [2.24, 2.45) is 0 Å². The Hall–Kier alpha value is -1.95. The fourth-order valence-electron chi connectivity index (χ4n) is 3.05. The molecule has 0 unspecified atom stereocenters. The lowest BCUT2D eigenvalue weighted by molar-refractivity contribution is -0.142. The number of thioether (sulfide) groups is 1. The molecular weight excluding hydrogens is 428 g/mol. The number of aromatic nitrogens is 3. The van der Waals surface area contributed by atoms with Crippen LogP contribution < -0.4 is 0 Å². The summed E-state index contributed by atoms with van der Waals surface area (Å²) in [6.07, 6.45) is 0. The molecule has 0 amide bonds. The van der Waals surface area contributed by atoms with E-state index in [2.05, 4.69) is 10.2 Å². The summed E-state index contributed by atoms with van der Waals surface area (Å²) < 4.78 is 39.2. The third-order valence-corrected chi connectivity index (χ3v) is 7.63. The summed E-state index contributed by atoms with van der Waals surface area (Å²) in [6, 6.07) is 6.63. The number of ether oxygens (including phenoxy) is 2. The first-order valence-electron chi connectivity index (χ1n) is 9.83. The van der Waals surface area contributed by atoms with Gasteiger partial charge in [-0.15, -0.1) is 10.2 Å². The Bertz CT molecular complexity index is 969. The topological polar surface area (TPSA) is 104 Å². The van der Waals surface area contributed by atoms with Gasteiger partial charge in [0.2, 0.25) is 10.0 Å². The zero-order chi connectivity index (χ0) is 21.7. The highest BCUT2D eigenvalue weighted by atomic mass is 32.2. The molecule has 0 radical (unpaired) electrons. The second kappa shape index (κ2) is 9.90. The van der Waals surface area contributed by atoms with Crippen LogP contribution in [0.15, 0.2) is 34.3 Å². The van der Waals surface area contributed by atoms with E-state index in [0.29, 0.717) is 50.4 Å². The Labute approximate surface area is 180 Å². The average Bonchev–Trinajstić information content (AvgIpc) is 3.17. The minimum absolute atomic E-state index is 0.237. The van der Waals surface area contributed by atoms with Crippen LogP contribution >= 0.6 is 11.8 Å². The zero-order valence-corrected chi connectivity index (χ0v) is 18.9. The fourth-order valence-corrected chi connectivity index (χ4v) is 5.37. The number of nitrogens with zero attached hydrogens (tertiary/aromatic N) is 4. The molecule has 164 valence electrons. The number of hydrogen-bond donors (Lipinski definition) is 0. The van der Waals surface area contributed by atoms with Crippen LogP contribution in [0.3, 0.4) is 0 Å². The molecule has 0 spiro atoms. The second-order valence-corrected chi connectivity index (χ2v) is 9.85. The standard InChI is InChI=1S/C19H26N4O5S2/c1-4-23-17(20-21-19(23)29-14(3)18(24)28-5-2)15-6-8-16(9-7-15)30(25,26)22-10-12-27-13-11-22/h6-9,14H,4-5,10-13H2,1-3H3/t14-/m1/s1. The van der Waals surface area contributed by atoms with E-state index >= 15 is 0 Å². The molecule has 0 aliphatic carbocycles. The highest BCUT2D eigenvalue weighted by molar-refractivity contribution is 8.00. The van der Waals surface area contributed by atoms with Crippen LogP contribution in [0.5, 0.6) is 0 Å². The van der Waals surface area contributed by atoms with Crippen molar-refractivity contribution < 1.29 is 22.7 Å². The van der Waals surface area contributed by atoms with Gasteiger partial charge in [-0.25, -0.2) is 8.42 Å². The van der Waals surface area contributed by atoms with Crippen molar-refractivity contribution in [1.29, 1.82) is 0 Å². The monoisotopic (exact) mass is 454 g/mol. The zero-order valence-electron chi connectivity index (χ0n) is 17.3. The molecular formula is C19H26N4O5S2. The molecule has 1 aromatic carbocycles. The largest absolute Gasteiger partial charge is 0.465 e. The van der Waals surface area contributed by atoms with Crippen LogP contribution in [0, 0.1) is 0 Å². The van der Waals surface area contributed by atoms with Crippen molar-refractivity contribution in [3.63, 3.8) is 0 Å². The summed E-state index contributed by atoms with van der Waals surface area (Å²) in [5.41, 5.74) is 0.751. The molecule has 0 bridgehead atoms. The molecule has 2 aromatic rings. The number of carbonyl (C=O) groups excluding carboxylic acids is 1. The number of benzene rings is 1. The van der Waals surface area contributed by atoms with E-state index in [9.17, 15) is 13.2 Å². The van der Waals surface area contributed by atoms with Crippen LogP contribution in [-0.4, -0.2) is 71.6 Å². The molecule has 1 saturated heterocycles. The molecule has 1 aliphatic heterocycles. The summed E-state index contributed by atoms with van der Waals surface area (Å²) in [4.78, 5) is 12.2. The maximum atomic E-state index is 12.8. The normalized spacial score (nSPS) is 16.4. The summed E-state index contributed by atoms with van der Waals surface area (Å²) in [5.74, 6) is 0.318. The summed E-state index contributed by atoms with van der Waals surface area (Å²) >= 11 is 1.28. The molecule has 9 nitrogen and oxygen atoms in total. The van der Waals surface area contributed by atoms with Gasteiger partial charge in [0.1, 0.15) is 5.25 Å². The molecule has 2 heterocycles. The maximum absolute atomic E-state index is 12.8. The summed E-state index contributed by atoms with van der Waals surface area (Å²) in [5, 5.41) is 8.68. The van der Waals surface area contributed by atoms with E-state index in [1.165, 1.54) is 16.1 Å². The minimum atomic E-state index is -3.55. The molecule has 11 heteroatoms. The Morgan fingerprint density at radius 3 is 2.47 bits per heavy atom. The Balaban J connectivity index is 1.81. The maximum Gasteiger partial charge on any atom is 0.319 e. The minimum Gasteiger partial charge on any atom is -0.465 e. The molecule has 3 rings (SSSR count). The Kier molecular flexibility index (Phi) is 7.50. The first kappa shape index (κ1) is 22.7. The highest BCUT2D eigenvalue weighted by Gasteiger charge is 2.26. The smallest absolute Gasteiger partial charge is 0.319 e. The van der Waals surface area contributed by atoms with Crippen molar-refractivity contribution >= 4 is 27.8 Å². The van der Waals surface area contributed by atoms with Gasteiger partial charge in [0.05, 0.1) is 24.7 Å². The summed E-state index contributed by atoms with van der Waals surface area (Å²) in [7, 11) is -3.55. The van der Waals surface area contributed by atoms with Crippen molar-refractivity contribution in [3.8, 4) is 11.4 Å². The Morgan fingerprint density at radius 1 is 1.20 bits per heavy atom. The van der Waals surface area contributed by atoms with Crippen LogP contribution in [0.1, 0.15) is 20.8 Å². The van der Waals surface area contributed by atoms with Gasteiger partial charge >= 0.3 is 5.97 Å². The SMILES string of the molecule is CCOC(=O)[C@@H](C)Sc1nnc(-c2ccc(S(=O)(=O)N3CCOCC3)cc2)n1CC. The number of sulfonamides is 1. The number of hydrogen-bond acceptors (Lipinski definition) is 8. The number of morpholine rings is 1. The van der Waals surface area contributed by atoms with Crippen molar-refractivity contribution in [2.75, 3.05) is 32.9 Å². The fraction of sp³-hybridized carbons (Fsp3) is 0.526. The Morgan fingerprint density at radius 2 is 1.87 bits per heavy atom. The van der Waals surface area contributed by atoms with E-state index in [-0.39, 0.29) is 10.9 Å². The van der Waals surface area contributed by atoms with E-state index in [1.54, 1.807) is 38.1 Å². The lowest BCUT2D eigenvalue weighted by Gasteiger charge is -2.26. The first-order valence-corrected chi connectivity index (χ1v) is 12.1. The van der Waals surface area contributed by atoms with Gasteiger partial charge in [0.25, 0.3) is 0 Å². The van der Waals surface area contributed by atoms with Crippen LogP contribution in [0.25, 0.3) is 11.4 Å². The lowest BCUT2D eigenvalue weighted by atomic mass is 10.2. The van der Waals surface area contributed by atoms with Crippen LogP contribution in [0.4, 0.5) is 0 Å². The van der Waals surface area contributed by atoms with E-state index in [0.717, 1.165) is 5.56 Å². The lowest BCUT2D eigenvalue weighted by Crippen LogP contribution is -2.40. The predicted molar refractivity (Wildman–Crippen MR) is 113 cm³/mol. The van der Waals surface area contributed by atoms with Crippen molar-refractivity contribution in [1.82, 2.24) is 19.1 Å². The third kappa shape index (κ3) is 4.85. The summed E-state index contributed by atoms with van der Waals surface area (Å²) in [6.45, 7) is 7.95. The van der Waals surface area contributed by atoms with Gasteiger partial charge in [0, 0.05) is 25.2 Å². The average molecular weight is 455 g/mol. The number of rotatable bonds is 8. The molecule has 0 saturated carbocycles. The van der Waals surface area contributed by atoms with Gasteiger partial charge in [-0.1, -0.05) is 11.8 Å². The van der Waals surface area contributed by atoms with Gasteiger partial charge in [0.15, 0.2) is 11.0 Å². The second-order valence-electron chi connectivity index (χ2n) is 6.60. The molecule has 1 aliphatic rings. The first-order chi connectivity index (χ1) is 14.4. The highest BCUT2D eigenvalue weighted by Crippen LogP contribution is 2.28. The van der Waals surface area contributed by atoms with Crippen molar-refractivity contribution in [3.05, 3.63) is 24.3 Å². The van der Waals surface area contributed by atoms with Crippen LogP contribution in [-0.2, 0) is 30.8 Å². The van der Waals surface area contributed by atoms with Crippen molar-refractivity contribution in [2.45, 2.75) is 42.6 Å². The number of carbonyl (C=O) groups is 1. The van der Waals surface area contributed by atoms with E-state index < -0.39 is 15.3 Å². The predicted octanol–water partition coefficient (Wildman–Crippen LogP) is 2.03. The van der Waals surface area contributed by atoms with E-state index in [4.69, 9.17) is 9.47 Å². The molecule has 1 atom stereocenters. The molecule has 0 N–H and O–H groups in total. The van der Waals surface area contributed by atoms with Gasteiger partial charge in [-0.2, -0.15) is 4.31 Å². The molecule has 1 aromatic heterocycles. The van der Waals surface area contributed by atoms with Crippen LogP contribution in [0.2, 0.25) is 0 Å². The van der Waals surface area contributed by atoms with Gasteiger partial charge in [-0.05, 0) is 45.0 Å². The van der Waals surface area contributed by atoms with Gasteiger partial charge < -0.3 is 14.0 Å².